The lowest BCUT2D eigenvalue weighted by Crippen LogP contribution is -2.38. The quantitative estimate of drug-likeness (QED) is 0.641. The van der Waals surface area contributed by atoms with Crippen molar-refractivity contribution in [3.8, 4) is 0 Å². The van der Waals surface area contributed by atoms with Gasteiger partial charge in [-0.25, -0.2) is 0 Å². The monoisotopic (exact) mass is 320 g/mol. The Morgan fingerprint density at radius 1 is 1.10 bits per heavy atom. The van der Waals surface area contributed by atoms with Crippen LogP contribution in [-0.4, -0.2) is 6.04 Å². The molecule has 0 amide bonds. The molecule has 0 bridgehead atoms. The van der Waals surface area contributed by atoms with Gasteiger partial charge in [0, 0.05) is 6.04 Å². The largest absolute Gasteiger partial charge is 0.271 e. The SMILES string of the molecule is NNC(Cc1ccc(Cl)c(Cl)c1)C1CC1c1ccccc1. The number of rotatable bonds is 5. The molecular formula is C17H18Cl2N2. The van der Waals surface area contributed by atoms with Crippen molar-refractivity contribution in [2.45, 2.75) is 24.8 Å². The molecule has 1 fully saturated rings. The van der Waals surface area contributed by atoms with Gasteiger partial charge < -0.3 is 0 Å². The highest BCUT2D eigenvalue weighted by atomic mass is 35.5. The van der Waals surface area contributed by atoms with E-state index < -0.39 is 0 Å². The molecule has 0 aliphatic heterocycles. The van der Waals surface area contributed by atoms with Crippen molar-refractivity contribution >= 4 is 23.2 Å². The summed E-state index contributed by atoms with van der Waals surface area (Å²) < 4.78 is 0. The van der Waals surface area contributed by atoms with Gasteiger partial charge in [0.15, 0.2) is 0 Å². The second-order valence-electron chi connectivity index (χ2n) is 5.64. The van der Waals surface area contributed by atoms with Crippen LogP contribution in [-0.2, 0) is 6.42 Å². The summed E-state index contributed by atoms with van der Waals surface area (Å²) in [4.78, 5) is 0. The minimum atomic E-state index is 0.257. The summed E-state index contributed by atoms with van der Waals surface area (Å²) in [5.74, 6) is 6.94. The Labute approximate surface area is 135 Å². The number of hydrazine groups is 1. The Kier molecular flexibility index (Phi) is 4.51. The van der Waals surface area contributed by atoms with Crippen molar-refractivity contribution in [3.63, 3.8) is 0 Å². The first-order valence-corrected chi connectivity index (χ1v) is 7.89. The second-order valence-corrected chi connectivity index (χ2v) is 6.46. The summed E-state index contributed by atoms with van der Waals surface area (Å²) >= 11 is 12.0. The lowest BCUT2D eigenvalue weighted by atomic mass is 9.99. The van der Waals surface area contributed by atoms with Crippen LogP contribution in [0.1, 0.15) is 23.5 Å². The molecule has 3 atom stereocenters. The molecule has 1 aliphatic rings. The molecule has 110 valence electrons. The van der Waals surface area contributed by atoms with Crippen LogP contribution >= 0.6 is 23.2 Å². The van der Waals surface area contributed by atoms with E-state index in [1.54, 1.807) is 0 Å². The van der Waals surface area contributed by atoms with Crippen LogP contribution in [0.3, 0.4) is 0 Å². The zero-order valence-electron chi connectivity index (χ0n) is 11.6. The van der Waals surface area contributed by atoms with Crippen LogP contribution in [0, 0.1) is 5.92 Å². The predicted molar refractivity (Wildman–Crippen MR) is 88.6 cm³/mol. The number of halogens is 2. The minimum Gasteiger partial charge on any atom is -0.271 e. The molecule has 0 radical (unpaired) electrons. The van der Waals surface area contributed by atoms with Gasteiger partial charge in [-0.15, -0.1) is 0 Å². The molecule has 0 aromatic heterocycles. The normalized spacial score (nSPS) is 22.0. The van der Waals surface area contributed by atoms with E-state index >= 15 is 0 Å². The summed E-state index contributed by atoms with van der Waals surface area (Å²) in [6.07, 6.45) is 2.04. The van der Waals surface area contributed by atoms with Crippen molar-refractivity contribution < 1.29 is 0 Å². The third kappa shape index (κ3) is 3.41. The molecule has 3 unspecified atom stereocenters. The first-order valence-electron chi connectivity index (χ1n) is 7.14. The molecule has 3 rings (SSSR count). The minimum absolute atomic E-state index is 0.257. The Morgan fingerprint density at radius 2 is 1.86 bits per heavy atom. The number of hydrogen-bond donors (Lipinski definition) is 2. The van der Waals surface area contributed by atoms with Crippen molar-refractivity contribution in [1.29, 1.82) is 0 Å². The fourth-order valence-electron chi connectivity index (χ4n) is 3.00. The smallest absolute Gasteiger partial charge is 0.0595 e. The van der Waals surface area contributed by atoms with Gasteiger partial charge >= 0.3 is 0 Å². The Bertz CT molecular complexity index is 615. The highest BCUT2D eigenvalue weighted by Gasteiger charge is 2.43. The van der Waals surface area contributed by atoms with Crippen molar-refractivity contribution in [3.05, 3.63) is 69.7 Å². The van der Waals surface area contributed by atoms with Gasteiger partial charge in [0.25, 0.3) is 0 Å². The van der Waals surface area contributed by atoms with Crippen molar-refractivity contribution in [2.75, 3.05) is 0 Å². The molecule has 0 spiro atoms. The topological polar surface area (TPSA) is 38.0 Å². The molecule has 0 saturated heterocycles. The average Bonchev–Trinajstić information content (AvgIpc) is 3.30. The lowest BCUT2D eigenvalue weighted by molar-refractivity contribution is 0.464. The van der Waals surface area contributed by atoms with Crippen LogP contribution in [0.4, 0.5) is 0 Å². The number of nitrogens with two attached hydrogens (primary N) is 1. The van der Waals surface area contributed by atoms with E-state index in [0.29, 0.717) is 21.9 Å². The lowest BCUT2D eigenvalue weighted by Gasteiger charge is -2.16. The first-order chi connectivity index (χ1) is 10.2. The van der Waals surface area contributed by atoms with Crippen LogP contribution in [0.25, 0.3) is 0 Å². The van der Waals surface area contributed by atoms with E-state index in [1.807, 2.05) is 18.2 Å². The maximum atomic E-state index is 6.08. The van der Waals surface area contributed by atoms with Crippen LogP contribution in [0.2, 0.25) is 10.0 Å². The third-order valence-corrected chi connectivity index (χ3v) is 4.98. The molecule has 2 nitrogen and oxygen atoms in total. The molecule has 0 heterocycles. The summed E-state index contributed by atoms with van der Waals surface area (Å²) in [7, 11) is 0. The summed E-state index contributed by atoms with van der Waals surface area (Å²) in [5.41, 5.74) is 5.53. The molecule has 1 aliphatic carbocycles. The molecular weight excluding hydrogens is 303 g/mol. The predicted octanol–water partition coefficient (Wildman–Crippen LogP) is 4.17. The van der Waals surface area contributed by atoms with Gasteiger partial charge in [0.1, 0.15) is 0 Å². The van der Waals surface area contributed by atoms with Crippen molar-refractivity contribution in [1.82, 2.24) is 5.43 Å². The van der Waals surface area contributed by atoms with Gasteiger partial charge in [0.05, 0.1) is 10.0 Å². The third-order valence-electron chi connectivity index (χ3n) is 4.24. The maximum absolute atomic E-state index is 6.08. The zero-order valence-corrected chi connectivity index (χ0v) is 13.1. The van der Waals surface area contributed by atoms with E-state index in [4.69, 9.17) is 29.0 Å². The molecule has 21 heavy (non-hydrogen) atoms. The van der Waals surface area contributed by atoms with E-state index in [1.165, 1.54) is 12.0 Å². The Balaban J connectivity index is 1.68. The van der Waals surface area contributed by atoms with Gasteiger partial charge in [0.2, 0.25) is 0 Å². The number of benzene rings is 2. The van der Waals surface area contributed by atoms with Gasteiger partial charge in [-0.1, -0.05) is 59.6 Å². The van der Waals surface area contributed by atoms with Gasteiger partial charge in [-0.2, -0.15) is 0 Å². The second kappa shape index (κ2) is 6.37. The highest BCUT2D eigenvalue weighted by Crippen LogP contribution is 2.49. The summed E-state index contributed by atoms with van der Waals surface area (Å²) in [5, 5.41) is 1.19. The maximum Gasteiger partial charge on any atom is 0.0595 e. The van der Waals surface area contributed by atoms with E-state index in [0.717, 1.165) is 12.0 Å². The fraction of sp³-hybridized carbons (Fsp3) is 0.294. The standard InChI is InChI=1S/C17H18Cl2N2/c18-15-7-6-11(8-16(15)19)9-17(21-20)14-10-13(14)12-4-2-1-3-5-12/h1-8,13-14,17,21H,9-10,20H2. The van der Waals surface area contributed by atoms with Crippen molar-refractivity contribution in [2.24, 2.45) is 11.8 Å². The van der Waals surface area contributed by atoms with Crippen LogP contribution in [0.5, 0.6) is 0 Å². The molecule has 2 aromatic rings. The molecule has 4 heteroatoms. The summed E-state index contributed by atoms with van der Waals surface area (Å²) in [6, 6.07) is 16.7. The molecule has 1 saturated carbocycles. The average molecular weight is 321 g/mol. The molecule has 3 N–H and O–H groups in total. The van der Waals surface area contributed by atoms with E-state index in [2.05, 4.69) is 35.8 Å². The highest BCUT2D eigenvalue weighted by molar-refractivity contribution is 6.42. The Morgan fingerprint density at radius 3 is 2.52 bits per heavy atom. The zero-order chi connectivity index (χ0) is 14.8. The van der Waals surface area contributed by atoms with Gasteiger partial charge in [-0.3, -0.25) is 11.3 Å². The molecule has 2 aromatic carbocycles. The Hall–Kier alpha value is -1.06. The van der Waals surface area contributed by atoms with E-state index in [9.17, 15) is 0 Å². The van der Waals surface area contributed by atoms with E-state index in [-0.39, 0.29) is 6.04 Å². The first kappa shape index (κ1) is 14.9. The van der Waals surface area contributed by atoms with Crippen LogP contribution in [0.15, 0.2) is 48.5 Å². The number of hydrogen-bond acceptors (Lipinski definition) is 2. The van der Waals surface area contributed by atoms with Crippen LogP contribution < -0.4 is 11.3 Å². The number of nitrogens with one attached hydrogen (secondary N) is 1. The fourth-order valence-corrected chi connectivity index (χ4v) is 3.32. The summed E-state index contributed by atoms with van der Waals surface area (Å²) in [6.45, 7) is 0. The van der Waals surface area contributed by atoms with Gasteiger partial charge in [-0.05, 0) is 47.9 Å².